The van der Waals surface area contributed by atoms with Crippen LogP contribution >= 0.6 is 31.9 Å². The maximum absolute atomic E-state index is 5.47. The smallest absolute Gasteiger partial charge is 0.181 e. The van der Waals surface area contributed by atoms with Crippen molar-refractivity contribution in [2.24, 2.45) is 4.99 Å². The van der Waals surface area contributed by atoms with Gasteiger partial charge in [-0.05, 0) is 24.3 Å². The lowest BCUT2D eigenvalue weighted by atomic mass is 10.0. The lowest BCUT2D eigenvalue weighted by Gasteiger charge is -2.13. The van der Waals surface area contributed by atoms with Crippen molar-refractivity contribution in [2.75, 3.05) is 0 Å². The number of hydrogen-bond donors (Lipinski definition) is 0. The Bertz CT molecular complexity index is 1180. The summed E-state index contributed by atoms with van der Waals surface area (Å²) in [6.45, 7) is 0.485. The van der Waals surface area contributed by atoms with E-state index in [0.29, 0.717) is 12.3 Å². The molecule has 0 saturated carbocycles. The summed E-state index contributed by atoms with van der Waals surface area (Å²) in [6.07, 6.45) is 4.91. The zero-order valence-electron chi connectivity index (χ0n) is 13.9. The number of hydrogen-bond acceptors (Lipinski definition) is 4. The highest BCUT2D eigenvalue weighted by Gasteiger charge is 2.24. The highest BCUT2D eigenvalue weighted by molar-refractivity contribution is 9.10. The van der Waals surface area contributed by atoms with Crippen LogP contribution in [0.4, 0.5) is 0 Å². The van der Waals surface area contributed by atoms with Gasteiger partial charge in [0.05, 0.1) is 29.8 Å². The molecule has 27 heavy (non-hydrogen) atoms. The van der Waals surface area contributed by atoms with Crippen molar-refractivity contribution in [3.63, 3.8) is 0 Å². The molecule has 3 heterocycles. The molecule has 0 N–H and O–H groups in total. The summed E-state index contributed by atoms with van der Waals surface area (Å²) >= 11 is 7.26. The normalized spacial score (nSPS) is 12.9. The second-order valence-electron chi connectivity index (χ2n) is 6.08. The first-order chi connectivity index (χ1) is 13.2. The Morgan fingerprint density at radius 3 is 2.74 bits per heavy atom. The third-order valence-electron chi connectivity index (χ3n) is 4.52. The van der Waals surface area contributed by atoms with Gasteiger partial charge in [-0.25, -0.2) is 9.97 Å². The van der Waals surface area contributed by atoms with Gasteiger partial charge in [-0.15, -0.1) is 0 Å². The Balaban J connectivity index is 1.77. The molecule has 0 bridgehead atoms. The summed E-state index contributed by atoms with van der Waals surface area (Å²) in [5, 5.41) is 0. The minimum atomic E-state index is 0.485. The monoisotopic (exact) mass is 482 g/mol. The summed E-state index contributed by atoms with van der Waals surface area (Å²) in [6, 6.07) is 14.3. The van der Waals surface area contributed by atoms with E-state index in [1.807, 2.05) is 30.6 Å². The predicted molar refractivity (Wildman–Crippen MR) is 110 cm³/mol. The van der Waals surface area contributed by atoms with Crippen molar-refractivity contribution in [3.8, 4) is 17.1 Å². The second-order valence-corrected chi connectivity index (χ2v) is 7.85. The van der Waals surface area contributed by atoms with E-state index in [2.05, 4.69) is 64.6 Å². The van der Waals surface area contributed by atoms with Crippen LogP contribution < -0.4 is 0 Å². The number of nitrogens with zero attached hydrogens (tertiary/aromatic N) is 4. The first kappa shape index (κ1) is 16.6. The Morgan fingerprint density at radius 2 is 1.93 bits per heavy atom. The first-order valence-corrected chi connectivity index (χ1v) is 9.85. The van der Waals surface area contributed by atoms with Gasteiger partial charge in [-0.2, -0.15) is 0 Å². The fraction of sp³-hybridized carbons (Fsp3) is 0.0500. The summed E-state index contributed by atoms with van der Waals surface area (Å²) in [4.78, 5) is 13.5. The van der Waals surface area contributed by atoms with Gasteiger partial charge >= 0.3 is 0 Å². The fourth-order valence-electron chi connectivity index (χ4n) is 3.30. The minimum Gasteiger partial charge on any atom is -0.442 e. The van der Waals surface area contributed by atoms with E-state index < -0.39 is 0 Å². The number of rotatable bonds is 2. The maximum atomic E-state index is 5.47. The van der Waals surface area contributed by atoms with Gasteiger partial charge in [-0.1, -0.05) is 50.1 Å². The van der Waals surface area contributed by atoms with E-state index in [0.717, 1.165) is 42.9 Å². The Hall–Kier alpha value is -2.51. The summed E-state index contributed by atoms with van der Waals surface area (Å²) in [5.74, 6) is 0.641. The van der Waals surface area contributed by atoms with Crippen LogP contribution in [0, 0.1) is 0 Å². The third-order valence-corrected chi connectivity index (χ3v) is 5.71. The third kappa shape index (κ3) is 2.78. The molecule has 7 heteroatoms. The van der Waals surface area contributed by atoms with Crippen LogP contribution in [0.15, 0.2) is 79.7 Å². The van der Waals surface area contributed by atoms with Crippen LogP contribution in [0.3, 0.4) is 0 Å². The van der Waals surface area contributed by atoms with E-state index in [1.54, 1.807) is 6.20 Å². The average molecular weight is 484 g/mol. The number of oxazole rings is 1. The fourth-order valence-corrected chi connectivity index (χ4v) is 4.14. The van der Waals surface area contributed by atoms with Gasteiger partial charge < -0.3 is 4.42 Å². The number of aliphatic imine (C=N–C) groups is 1. The van der Waals surface area contributed by atoms with E-state index in [-0.39, 0.29) is 0 Å². The molecule has 0 fully saturated rings. The Morgan fingerprint density at radius 1 is 1.04 bits per heavy atom. The topological polar surface area (TPSA) is 56.2 Å². The molecule has 2 aromatic heterocycles. The Labute approximate surface area is 172 Å². The Kier molecular flexibility index (Phi) is 4.06. The van der Waals surface area contributed by atoms with Gasteiger partial charge in [0.2, 0.25) is 0 Å². The number of fused-ring (bicyclic) bond motifs is 3. The molecule has 2 aromatic carbocycles. The second kappa shape index (κ2) is 6.58. The summed E-state index contributed by atoms with van der Waals surface area (Å²) in [7, 11) is 0. The van der Waals surface area contributed by atoms with E-state index in [1.165, 1.54) is 6.39 Å². The average Bonchev–Trinajstić information content (AvgIpc) is 3.30. The number of benzene rings is 2. The van der Waals surface area contributed by atoms with Crippen LogP contribution in [-0.2, 0) is 6.54 Å². The molecule has 0 amide bonds. The quantitative estimate of drug-likeness (QED) is 0.383. The van der Waals surface area contributed by atoms with Gasteiger partial charge in [0.1, 0.15) is 12.0 Å². The summed E-state index contributed by atoms with van der Waals surface area (Å²) in [5.41, 5.74) is 5.79. The van der Waals surface area contributed by atoms with Crippen LogP contribution in [0.5, 0.6) is 0 Å². The van der Waals surface area contributed by atoms with Crippen molar-refractivity contribution < 1.29 is 4.42 Å². The molecular weight excluding hydrogens is 472 g/mol. The standard InChI is InChI=1S/C20H12Br2N4O/c21-12-5-6-16-14(7-12)19(13-3-1-2-4-15(13)22)24-8-17-20(25-10-26(16)17)18-9-23-11-27-18/h1-7,9-11H,8H2. The molecule has 5 nitrogen and oxygen atoms in total. The van der Waals surface area contributed by atoms with Crippen LogP contribution in [0.2, 0.25) is 0 Å². The minimum absolute atomic E-state index is 0.485. The van der Waals surface area contributed by atoms with E-state index >= 15 is 0 Å². The zero-order chi connectivity index (χ0) is 18.4. The molecule has 0 spiro atoms. The van der Waals surface area contributed by atoms with E-state index in [9.17, 15) is 0 Å². The maximum Gasteiger partial charge on any atom is 0.181 e. The molecule has 0 atom stereocenters. The molecule has 5 rings (SSSR count). The van der Waals surface area contributed by atoms with Crippen molar-refractivity contribution in [1.82, 2.24) is 14.5 Å². The largest absolute Gasteiger partial charge is 0.442 e. The molecule has 1 aliphatic heterocycles. The van der Waals surface area contributed by atoms with Crippen LogP contribution in [-0.4, -0.2) is 20.2 Å². The SMILES string of the molecule is Brc1ccc2c(c1)C(c1ccccc1Br)=NCc1c(-c3cnco3)ncn1-2. The molecule has 1 aliphatic rings. The molecule has 0 aliphatic carbocycles. The molecule has 0 saturated heterocycles. The van der Waals surface area contributed by atoms with Gasteiger partial charge in [0.25, 0.3) is 0 Å². The lowest BCUT2D eigenvalue weighted by molar-refractivity contribution is 0.569. The molecule has 0 unspecified atom stereocenters. The highest BCUT2D eigenvalue weighted by atomic mass is 79.9. The molecule has 4 aromatic rings. The predicted octanol–water partition coefficient (Wildman–Crippen LogP) is 5.40. The highest BCUT2D eigenvalue weighted by Crippen LogP contribution is 2.33. The van der Waals surface area contributed by atoms with Crippen molar-refractivity contribution in [3.05, 3.63) is 87.1 Å². The van der Waals surface area contributed by atoms with E-state index in [4.69, 9.17) is 9.41 Å². The van der Waals surface area contributed by atoms with Gasteiger partial charge in [0, 0.05) is 20.1 Å². The van der Waals surface area contributed by atoms with Gasteiger partial charge in [-0.3, -0.25) is 9.56 Å². The molecule has 0 radical (unpaired) electrons. The van der Waals surface area contributed by atoms with Crippen LogP contribution in [0.1, 0.15) is 16.8 Å². The van der Waals surface area contributed by atoms with Crippen molar-refractivity contribution in [1.29, 1.82) is 0 Å². The lowest BCUT2D eigenvalue weighted by Crippen LogP contribution is -2.07. The number of imidazole rings is 1. The zero-order valence-corrected chi connectivity index (χ0v) is 17.1. The van der Waals surface area contributed by atoms with Crippen LogP contribution in [0.25, 0.3) is 17.1 Å². The van der Waals surface area contributed by atoms with Crippen molar-refractivity contribution in [2.45, 2.75) is 6.54 Å². The molecular formula is C20H12Br2N4O. The molecule has 132 valence electrons. The van der Waals surface area contributed by atoms with Gasteiger partial charge in [0.15, 0.2) is 12.2 Å². The number of aromatic nitrogens is 3. The first-order valence-electron chi connectivity index (χ1n) is 8.27. The number of halogens is 2. The van der Waals surface area contributed by atoms with Crippen molar-refractivity contribution >= 4 is 37.6 Å². The summed E-state index contributed by atoms with van der Waals surface area (Å²) < 4.78 is 9.56.